The standard InChI is InChI=1S/C9H11ClN2O5S/c10-3-1-12(9(16)11-7(3)18)8-6(15)5(14)4(2-13)17-8/h1,4-6,8,13-15H,2H2,(H,11,16,18)/t4-,5?,6?,8-/m0/s1. The van der Waals surface area contributed by atoms with E-state index in [0.29, 0.717) is 0 Å². The first-order chi connectivity index (χ1) is 8.45. The third kappa shape index (κ3) is 2.22. The Morgan fingerprint density at radius 1 is 1.50 bits per heavy atom. The lowest BCUT2D eigenvalue weighted by Gasteiger charge is -2.17. The minimum Gasteiger partial charge on any atom is -0.394 e. The predicted octanol–water partition coefficient (Wildman–Crippen LogP) is -0.829. The number of hydrogen-bond acceptors (Lipinski definition) is 6. The molecular weight excluding hydrogens is 284 g/mol. The maximum Gasteiger partial charge on any atom is 0.328 e. The fraction of sp³-hybridized carbons (Fsp3) is 0.556. The molecule has 0 spiro atoms. The van der Waals surface area contributed by atoms with E-state index in [1.165, 1.54) is 6.20 Å². The molecule has 0 aliphatic carbocycles. The molecule has 0 aromatic carbocycles. The van der Waals surface area contributed by atoms with E-state index in [0.717, 1.165) is 4.57 Å². The molecule has 2 heterocycles. The smallest absolute Gasteiger partial charge is 0.328 e. The van der Waals surface area contributed by atoms with E-state index >= 15 is 0 Å². The van der Waals surface area contributed by atoms with Gasteiger partial charge in [0.25, 0.3) is 0 Å². The highest BCUT2D eigenvalue weighted by Crippen LogP contribution is 2.28. The largest absolute Gasteiger partial charge is 0.394 e. The molecule has 0 saturated carbocycles. The fourth-order valence-electron chi connectivity index (χ4n) is 1.76. The van der Waals surface area contributed by atoms with Crippen LogP contribution in [0.3, 0.4) is 0 Å². The average molecular weight is 295 g/mol. The van der Waals surface area contributed by atoms with Gasteiger partial charge in [-0.15, -0.1) is 0 Å². The van der Waals surface area contributed by atoms with Crippen molar-refractivity contribution in [2.45, 2.75) is 24.5 Å². The van der Waals surface area contributed by atoms with Crippen molar-refractivity contribution in [3.05, 3.63) is 26.3 Å². The molecule has 1 aromatic rings. The Morgan fingerprint density at radius 2 is 2.17 bits per heavy atom. The molecule has 2 unspecified atom stereocenters. The Bertz CT molecular complexity index is 559. The number of ether oxygens (including phenoxy) is 1. The van der Waals surface area contributed by atoms with Crippen LogP contribution in [-0.4, -0.2) is 49.8 Å². The number of aromatic amines is 1. The zero-order valence-electron chi connectivity index (χ0n) is 8.99. The molecule has 100 valence electrons. The van der Waals surface area contributed by atoms with Crippen LogP contribution in [0.15, 0.2) is 11.0 Å². The van der Waals surface area contributed by atoms with Gasteiger partial charge in [-0.1, -0.05) is 23.8 Å². The van der Waals surface area contributed by atoms with Crippen molar-refractivity contribution in [2.24, 2.45) is 0 Å². The summed E-state index contributed by atoms with van der Waals surface area (Å²) < 4.78 is 6.26. The third-order valence-corrected chi connectivity index (χ3v) is 3.44. The fourth-order valence-corrected chi connectivity index (χ4v) is 2.05. The number of rotatable bonds is 2. The Hall–Kier alpha value is -0.770. The molecule has 1 aromatic heterocycles. The monoisotopic (exact) mass is 294 g/mol. The number of aliphatic hydroxyl groups excluding tert-OH is 3. The molecule has 1 saturated heterocycles. The number of hydrogen-bond donors (Lipinski definition) is 4. The van der Waals surface area contributed by atoms with E-state index < -0.39 is 36.8 Å². The first-order valence-electron chi connectivity index (χ1n) is 5.09. The first kappa shape index (κ1) is 13.7. The second-order valence-corrected chi connectivity index (χ2v) is 4.69. The van der Waals surface area contributed by atoms with Gasteiger partial charge < -0.3 is 20.1 Å². The van der Waals surface area contributed by atoms with Crippen LogP contribution in [0.5, 0.6) is 0 Å². The van der Waals surface area contributed by atoms with Crippen molar-refractivity contribution in [1.82, 2.24) is 9.55 Å². The van der Waals surface area contributed by atoms with E-state index in [9.17, 15) is 15.0 Å². The summed E-state index contributed by atoms with van der Waals surface area (Å²) in [5, 5.41) is 28.4. The Morgan fingerprint density at radius 3 is 2.72 bits per heavy atom. The van der Waals surface area contributed by atoms with Crippen molar-refractivity contribution < 1.29 is 20.1 Å². The quantitative estimate of drug-likeness (QED) is 0.530. The lowest BCUT2D eigenvalue weighted by atomic mass is 10.1. The van der Waals surface area contributed by atoms with Gasteiger partial charge in [-0.2, -0.15) is 0 Å². The van der Waals surface area contributed by atoms with Crippen LogP contribution in [0.25, 0.3) is 0 Å². The summed E-state index contributed by atoms with van der Waals surface area (Å²) in [4.78, 5) is 14.0. The average Bonchev–Trinajstić information content (AvgIpc) is 2.61. The zero-order valence-corrected chi connectivity index (χ0v) is 10.6. The lowest BCUT2D eigenvalue weighted by Crippen LogP contribution is -2.36. The normalized spacial score (nSPS) is 31.8. The van der Waals surface area contributed by atoms with Gasteiger partial charge in [0.05, 0.1) is 11.6 Å². The van der Waals surface area contributed by atoms with E-state index in [1.807, 2.05) is 0 Å². The minimum absolute atomic E-state index is 0.0738. The highest BCUT2D eigenvalue weighted by atomic mass is 35.5. The highest BCUT2D eigenvalue weighted by molar-refractivity contribution is 7.71. The van der Waals surface area contributed by atoms with E-state index in [4.69, 9.17) is 33.7 Å². The molecule has 1 fully saturated rings. The van der Waals surface area contributed by atoms with Gasteiger partial charge in [0.1, 0.15) is 23.0 Å². The number of H-pyrrole nitrogens is 1. The van der Waals surface area contributed by atoms with Crippen LogP contribution in [0.4, 0.5) is 0 Å². The molecular formula is C9H11ClN2O5S. The number of aromatic nitrogens is 2. The second-order valence-electron chi connectivity index (χ2n) is 3.87. The SMILES string of the molecule is O=c1[nH]c(=S)c(Cl)cn1[C@H]1O[C@@H](CO)C(O)C1O. The van der Waals surface area contributed by atoms with Crippen molar-refractivity contribution in [1.29, 1.82) is 0 Å². The van der Waals surface area contributed by atoms with Crippen LogP contribution in [0.1, 0.15) is 6.23 Å². The number of nitrogens with zero attached hydrogens (tertiary/aromatic N) is 1. The summed E-state index contributed by atoms with van der Waals surface area (Å²) in [6, 6.07) is 0. The molecule has 0 bridgehead atoms. The number of nitrogens with one attached hydrogen (secondary N) is 1. The maximum atomic E-state index is 11.7. The summed E-state index contributed by atoms with van der Waals surface area (Å²) in [5.41, 5.74) is -0.626. The maximum absolute atomic E-state index is 11.7. The second kappa shape index (κ2) is 5.08. The van der Waals surface area contributed by atoms with Crippen LogP contribution >= 0.6 is 23.8 Å². The van der Waals surface area contributed by atoms with Crippen molar-refractivity contribution in [3.8, 4) is 0 Å². The van der Waals surface area contributed by atoms with Gasteiger partial charge in [0.2, 0.25) is 0 Å². The van der Waals surface area contributed by atoms with Gasteiger partial charge in [-0.3, -0.25) is 9.55 Å². The molecule has 9 heteroatoms. The first-order valence-corrected chi connectivity index (χ1v) is 5.87. The van der Waals surface area contributed by atoms with Crippen LogP contribution < -0.4 is 5.69 Å². The van der Waals surface area contributed by atoms with Crippen LogP contribution in [0.2, 0.25) is 5.02 Å². The van der Waals surface area contributed by atoms with Gasteiger partial charge in [0, 0.05) is 6.20 Å². The molecule has 2 rings (SSSR count). The molecule has 4 N–H and O–H groups in total. The van der Waals surface area contributed by atoms with Crippen LogP contribution in [0, 0.1) is 4.64 Å². The summed E-state index contributed by atoms with van der Waals surface area (Å²) in [7, 11) is 0. The predicted molar refractivity (Wildman–Crippen MR) is 63.9 cm³/mol. The van der Waals surface area contributed by atoms with Crippen molar-refractivity contribution in [3.63, 3.8) is 0 Å². The molecule has 18 heavy (non-hydrogen) atoms. The number of aliphatic hydroxyl groups is 3. The Kier molecular flexibility index (Phi) is 3.85. The van der Waals surface area contributed by atoms with E-state index in [2.05, 4.69) is 4.98 Å². The van der Waals surface area contributed by atoms with Gasteiger partial charge in [0.15, 0.2) is 6.23 Å². The molecule has 0 radical (unpaired) electrons. The van der Waals surface area contributed by atoms with Crippen molar-refractivity contribution >= 4 is 23.8 Å². The Labute approximate surface area is 111 Å². The summed E-state index contributed by atoms with van der Waals surface area (Å²) >= 11 is 10.6. The van der Waals surface area contributed by atoms with Crippen LogP contribution in [-0.2, 0) is 4.74 Å². The number of halogens is 1. The summed E-state index contributed by atoms with van der Waals surface area (Å²) in [6.07, 6.45) is -3.51. The van der Waals surface area contributed by atoms with Gasteiger partial charge in [-0.05, 0) is 0 Å². The minimum atomic E-state index is -1.35. The Balaban J connectivity index is 2.42. The van der Waals surface area contributed by atoms with Gasteiger partial charge >= 0.3 is 5.69 Å². The summed E-state index contributed by atoms with van der Waals surface area (Å²) in [5.74, 6) is 0. The summed E-state index contributed by atoms with van der Waals surface area (Å²) in [6.45, 7) is -0.472. The van der Waals surface area contributed by atoms with E-state index in [-0.39, 0.29) is 9.66 Å². The van der Waals surface area contributed by atoms with Crippen molar-refractivity contribution in [2.75, 3.05) is 6.61 Å². The topological polar surface area (TPSA) is 108 Å². The molecule has 7 nitrogen and oxygen atoms in total. The zero-order chi connectivity index (χ0) is 13.4. The third-order valence-electron chi connectivity index (χ3n) is 2.72. The van der Waals surface area contributed by atoms with E-state index in [1.54, 1.807) is 0 Å². The van der Waals surface area contributed by atoms with Gasteiger partial charge in [-0.25, -0.2) is 4.79 Å². The molecule has 0 amide bonds. The molecule has 4 atom stereocenters. The molecule has 1 aliphatic heterocycles. The lowest BCUT2D eigenvalue weighted by molar-refractivity contribution is -0.0549. The highest BCUT2D eigenvalue weighted by Gasteiger charge is 2.43. The molecule has 1 aliphatic rings.